The van der Waals surface area contributed by atoms with Gasteiger partial charge in [-0.15, -0.1) is 0 Å². The second-order valence-electron chi connectivity index (χ2n) is 6.92. The molecule has 1 aromatic carbocycles. The lowest BCUT2D eigenvalue weighted by Crippen LogP contribution is -2.13. The van der Waals surface area contributed by atoms with Crippen molar-refractivity contribution in [3.05, 3.63) is 46.8 Å². The minimum absolute atomic E-state index is 0.00301. The molecule has 2 aromatic rings. The van der Waals surface area contributed by atoms with Gasteiger partial charge >= 0.3 is 12.1 Å². The Hall–Kier alpha value is -2.51. The molecule has 146 valence electrons. The van der Waals surface area contributed by atoms with Crippen molar-refractivity contribution >= 4 is 5.97 Å². The van der Waals surface area contributed by atoms with Crippen LogP contribution in [-0.4, -0.2) is 27.5 Å². The van der Waals surface area contributed by atoms with E-state index in [1.54, 1.807) is 6.92 Å². The van der Waals surface area contributed by atoms with Crippen molar-refractivity contribution in [1.82, 2.24) is 9.78 Å². The van der Waals surface area contributed by atoms with Crippen molar-refractivity contribution in [3.8, 4) is 5.75 Å². The van der Waals surface area contributed by atoms with E-state index in [2.05, 4.69) is 5.10 Å². The molecule has 1 fully saturated rings. The molecule has 3 rings (SSSR count). The first-order valence-corrected chi connectivity index (χ1v) is 8.84. The van der Waals surface area contributed by atoms with E-state index >= 15 is 0 Å². The Bertz CT molecular complexity index is 824. The highest BCUT2D eigenvalue weighted by atomic mass is 19.4. The van der Waals surface area contributed by atoms with Gasteiger partial charge in [0, 0.05) is 11.3 Å². The number of benzene rings is 1. The number of aromatic nitrogens is 2. The average molecular weight is 382 g/mol. The molecule has 1 aromatic heterocycles. The molecule has 0 radical (unpaired) electrons. The predicted octanol–water partition coefficient (Wildman–Crippen LogP) is 4.53. The third kappa shape index (κ3) is 4.61. The molecule has 1 heterocycles. The maximum Gasteiger partial charge on any atom is 0.416 e. The number of carboxylic acids is 1. The number of nitrogens with zero attached hydrogens (tertiary/aromatic N) is 2. The number of halogens is 3. The molecule has 1 saturated carbocycles. The summed E-state index contributed by atoms with van der Waals surface area (Å²) in [4.78, 5) is 11.1. The van der Waals surface area contributed by atoms with Crippen LogP contribution >= 0.6 is 0 Å². The molecule has 5 nitrogen and oxygen atoms in total. The summed E-state index contributed by atoms with van der Waals surface area (Å²) in [7, 11) is 0. The Balaban J connectivity index is 1.88. The van der Waals surface area contributed by atoms with E-state index in [-0.39, 0.29) is 12.2 Å². The molecule has 0 amide bonds. The zero-order chi connectivity index (χ0) is 19.6. The van der Waals surface area contributed by atoms with Crippen LogP contribution in [0.1, 0.15) is 53.0 Å². The lowest BCUT2D eigenvalue weighted by atomic mass is 10.1. The van der Waals surface area contributed by atoms with Gasteiger partial charge in [0.05, 0.1) is 18.7 Å². The summed E-state index contributed by atoms with van der Waals surface area (Å²) < 4.78 is 46.6. The van der Waals surface area contributed by atoms with Crippen molar-refractivity contribution < 1.29 is 27.8 Å². The zero-order valence-electron chi connectivity index (χ0n) is 14.9. The second kappa shape index (κ2) is 7.62. The Morgan fingerprint density at radius 2 is 2.00 bits per heavy atom. The van der Waals surface area contributed by atoms with Crippen LogP contribution in [0.2, 0.25) is 0 Å². The van der Waals surface area contributed by atoms with Gasteiger partial charge in [-0.3, -0.25) is 4.68 Å². The molecule has 0 aliphatic heterocycles. The standard InChI is InChI=1S/C19H21F3N2O3/c1-12-8-16(18(25)26)23-24(12)10-14-9-15(19(20,21)22)6-7-17(14)27-11-13-4-2-3-5-13/h6-9,13H,2-5,10-11H2,1H3,(H,25,26). The predicted molar refractivity (Wildman–Crippen MR) is 91.9 cm³/mol. The van der Waals surface area contributed by atoms with Crippen LogP contribution in [0.4, 0.5) is 13.2 Å². The molecule has 1 aliphatic rings. The van der Waals surface area contributed by atoms with Crippen molar-refractivity contribution in [2.45, 2.75) is 45.3 Å². The fourth-order valence-corrected chi connectivity index (χ4v) is 3.34. The van der Waals surface area contributed by atoms with Gasteiger partial charge in [0.15, 0.2) is 5.69 Å². The van der Waals surface area contributed by atoms with E-state index < -0.39 is 17.7 Å². The van der Waals surface area contributed by atoms with Crippen LogP contribution in [0.3, 0.4) is 0 Å². The van der Waals surface area contributed by atoms with Gasteiger partial charge in [0.1, 0.15) is 5.75 Å². The molecule has 8 heteroatoms. The van der Waals surface area contributed by atoms with E-state index in [0.717, 1.165) is 37.8 Å². The number of carbonyl (C=O) groups is 1. The molecule has 0 atom stereocenters. The molecule has 27 heavy (non-hydrogen) atoms. The van der Waals surface area contributed by atoms with Crippen LogP contribution in [-0.2, 0) is 12.7 Å². The Morgan fingerprint density at radius 3 is 2.59 bits per heavy atom. The van der Waals surface area contributed by atoms with Gasteiger partial charge in [0.2, 0.25) is 0 Å². The Morgan fingerprint density at radius 1 is 1.30 bits per heavy atom. The molecule has 1 N–H and O–H groups in total. The first-order valence-electron chi connectivity index (χ1n) is 8.84. The van der Waals surface area contributed by atoms with Gasteiger partial charge in [-0.05, 0) is 49.9 Å². The highest BCUT2D eigenvalue weighted by molar-refractivity contribution is 5.85. The fourth-order valence-electron chi connectivity index (χ4n) is 3.34. The number of alkyl halides is 3. The second-order valence-corrected chi connectivity index (χ2v) is 6.92. The molecular weight excluding hydrogens is 361 g/mol. The fraction of sp³-hybridized carbons (Fsp3) is 0.474. The molecule has 0 spiro atoms. The average Bonchev–Trinajstić information content (AvgIpc) is 3.23. The summed E-state index contributed by atoms with van der Waals surface area (Å²) in [5, 5.41) is 13.0. The van der Waals surface area contributed by atoms with Gasteiger partial charge in [-0.25, -0.2) is 4.79 Å². The number of carboxylic acid groups (broad SMARTS) is 1. The topological polar surface area (TPSA) is 64.3 Å². The van der Waals surface area contributed by atoms with Crippen molar-refractivity contribution in [2.24, 2.45) is 5.92 Å². The van der Waals surface area contributed by atoms with E-state index in [1.165, 1.54) is 16.8 Å². The third-order valence-electron chi connectivity index (χ3n) is 4.86. The van der Waals surface area contributed by atoms with Crippen LogP contribution in [0.5, 0.6) is 5.75 Å². The summed E-state index contributed by atoms with van der Waals surface area (Å²) in [5.74, 6) is -0.384. The molecular formula is C19H21F3N2O3. The van der Waals surface area contributed by atoms with E-state index in [1.807, 2.05) is 0 Å². The van der Waals surface area contributed by atoms with Crippen LogP contribution in [0.15, 0.2) is 24.3 Å². The lowest BCUT2D eigenvalue weighted by Gasteiger charge is -2.17. The molecule has 0 unspecified atom stereocenters. The molecule has 1 aliphatic carbocycles. The number of aryl methyl sites for hydroxylation is 1. The summed E-state index contributed by atoms with van der Waals surface area (Å²) in [6.45, 7) is 2.13. The smallest absolute Gasteiger partial charge is 0.416 e. The quantitative estimate of drug-likeness (QED) is 0.798. The minimum atomic E-state index is -4.47. The van der Waals surface area contributed by atoms with Crippen LogP contribution in [0, 0.1) is 12.8 Å². The maximum atomic E-state index is 13.1. The zero-order valence-corrected chi connectivity index (χ0v) is 14.9. The van der Waals surface area contributed by atoms with E-state index in [4.69, 9.17) is 9.84 Å². The van der Waals surface area contributed by atoms with Crippen molar-refractivity contribution in [1.29, 1.82) is 0 Å². The number of aromatic carboxylic acids is 1. The number of hydrogen-bond donors (Lipinski definition) is 1. The highest BCUT2D eigenvalue weighted by Crippen LogP contribution is 2.34. The third-order valence-corrected chi connectivity index (χ3v) is 4.86. The van der Waals surface area contributed by atoms with E-state index in [0.29, 0.717) is 29.5 Å². The summed E-state index contributed by atoms with van der Waals surface area (Å²) in [6.07, 6.45) is -0.0345. The Kier molecular flexibility index (Phi) is 5.43. The Labute approximate surface area is 154 Å². The summed E-state index contributed by atoms with van der Waals surface area (Å²) >= 11 is 0. The number of ether oxygens (including phenoxy) is 1. The van der Waals surface area contributed by atoms with Crippen molar-refractivity contribution in [3.63, 3.8) is 0 Å². The van der Waals surface area contributed by atoms with Crippen LogP contribution < -0.4 is 4.74 Å². The first kappa shape index (κ1) is 19.3. The van der Waals surface area contributed by atoms with Gasteiger partial charge < -0.3 is 9.84 Å². The maximum absolute atomic E-state index is 13.1. The lowest BCUT2D eigenvalue weighted by molar-refractivity contribution is -0.137. The largest absolute Gasteiger partial charge is 0.493 e. The summed E-state index contributed by atoms with van der Waals surface area (Å²) in [5.41, 5.74) is -0.0422. The molecule has 0 saturated heterocycles. The first-order chi connectivity index (χ1) is 12.7. The SMILES string of the molecule is Cc1cc(C(=O)O)nn1Cc1cc(C(F)(F)F)ccc1OCC1CCCC1. The normalized spacial score (nSPS) is 15.3. The number of rotatable bonds is 6. The monoisotopic (exact) mass is 382 g/mol. The summed E-state index contributed by atoms with van der Waals surface area (Å²) in [6, 6.07) is 4.77. The van der Waals surface area contributed by atoms with Gasteiger partial charge in [0.25, 0.3) is 0 Å². The van der Waals surface area contributed by atoms with Gasteiger partial charge in [-0.1, -0.05) is 12.8 Å². The van der Waals surface area contributed by atoms with Gasteiger partial charge in [-0.2, -0.15) is 18.3 Å². The van der Waals surface area contributed by atoms with Crippen molar-refractivity contribution in [2.75, 3.05) is 6.61 Å². The van der Waals surface area contributed by atoms with Crippen LogP contribution in [0.25, 0.3) is 0 Å². The highest BCUT2D eigenvalue weighted by Gasteiger charge is 2.31. The number of hydrogen-bond acceptors (Lipinski definition) is 3. The van der Waals surface area contributed by atoms with E-state index in [9.17, 15) is 18.0 Å². The minimum Gasteiger partial charge on any atom is -0.493 e. The molecule has 0 bridgehead atoms.